The number of nitrogens with two attached hydrogens (primary N) is 1. The molecule has 8 nitrogen and oxygen atoms in total. The molecular weight excluding hydrogens is 523 g/mol. The van der Waals surface area contributed by atoms with E-state index in [1.54, 1.807) is 18.2 Å². The number of aryl methyl sites for hydroxylation is 1. The lowest BCUT2D eigenvalue weighted by atomic mass is 9.80. The summed E-state index contributed by atoms with van der Waals surface area (Å²) in [5.41, 5.74) is 12.1. The average molecular weight is 555 g/mol. The molecule has 2 aliphatic rings. The van der Waals surface area contributed by atoms with Gasteiger partial charge in [0.25, 0.3) is 0 Å². The number of carbonyl (C=O) groups is 1. The third kappa shape index (κ3) is 5.41. The van der Waals surface area contributed by atoms with E-state index in [0.717, 1.165) is 54.7 Å². The van der Waals surface area contributed by atoms with Crippen molar-refractivity contribution in [1.82, 2.24) is 9.55 Å². The standard InChI is InChI=1S/C32H31FN4O4/c1-39-32(38)22-7-9-28-29(15-22)37(17-26-10-11-40-26)31(36-28)30(35)21-5-4-20-6-8-25(14-24(20)13-21)41-18-23-3-2-19(16-34)12-27(23)33/h2-3,6-9,12,14-15,21,26,30H,4-5,10-11,13,17-18,35H2,1H3/t21?,26-,30?/m0/s1. The van der Waals surface area contributed by atoms with Gasteiger partial charge in [0.1, 0.15) is 24.0 Å². The first-order chi connectivity index (χ1) is 19.9. The Balaban J connectivity index is 1.23. The lowest BCUT2D eigenvalue weighted by Gasteiger charge is -2.31. The molecule has 4 aromatic rings. The Kier molecular flexibility index (Phi) is 7.43. The highest BCUT2D eigenvalue weighted by Gasteiger charge is 2.31. The highest BCUT2D eigenvalue weighted by atomic mass is 19.1. The van der Waals surface area contributed by atoms with Gasteiger partial charge >= 0.3 is 5.97 Å². The molecule has 9 heteroatoms. The molecular formula is C32H31FN4O4. The van der Waals surface area contributed by atoms with E-state index in [-0.39, 0.29) is 30.2 Å². The number of methoxy groups -OCH3 is 1. The number of halogens is 1. The summed E-state index contributed by atoms with van der Waals surface area (Å²) in [6.07, 6.45) is 3.62. The summed E-state index contributed by atoms with van der Waals surface area (Å²) in [4.78, 5) is 17.2. The zero-order chi connectivity index (χ0) is 28.5. The molecule has 210 valence electrons. The summed E-state index contributed by atoms with van der Waals surface area (Å²) < 4.78 is 33.0. The molecule has 3 aromatic carbocycles. The van der Waals surface area contributed by atoms with Crippen LogP contribution in [0.3, 0.4) is 0 Å². The van der Waals surface area contributed by atoms with Crippen LogP contribution in [0, 0.1) is 23.1 Å². The van der Waals surface area contributed by atoms with Crippen LogP contribution >= 0.6 is 0 Å². The number of ether oxygens (including phenoxy) is 3. The summed E-state index contributed by atoms with van der Waals surface area (Å²) in [5.74, 6) is 0.740. The number of rotatable bonds is 8. The van der Waals surface area contributed by atoms with E-state index in [4.69, 9.17) is 30.2 Å². The molecule has 2 unspecified atom stereocenters. The maximum Gasteiger partial charge on any atom is 0.337 e. The second-order valence-electron chi connectivity index (χ2n) is 10.7. The molecule has 0 radical (unpaired) electrons. The number of fused-ring (bicyclic) bond motifs is 2. The lowest BCUT2D eigenvalue weighted by Crippen LogP contribution is -2.34. The largest absolute Gasteiger partial charge is 0.489 e. The topological polar surface area (TPSA) is 112 Å². The SMILES string of the molecule is COC(=O)c1ccc2nc(C(N)C3CCc4ccc(OCc5ccc(C#N)cc5F)cc4C3)n(C[C@@H]3CCO3)c2c1. The van der Waals surface area contributed by atoms with Gasteiger partial charge in [0.15, 0.2) is 0 Å². The number of imidazole rings is 1. The smallest absolute Gasteiger partial charge is 0.337 e. The van der Waals surface area contributed by atoms with Crippen LogP contribution in [0.2, 0.25) is 0 Å². The number of hydrogen-bond acceptors (Lipinski definition) is 7. The molecule has 2 N–H and O–H groups in total. The van der Waals surface area contributed by atoms with Crippen molar-refractivity contribution in [2.75, 3.05) is 13.7 Å². The molecule has 3 atom stereocenters. The van der Waals surface area contributed by atoms with Crippen molar-refractivity contribution in [3.05, 3.63) is 94.1 Å². The number of nitriles is 1. The van der Waals surface area contributed by atoms with Crippen molar-refractivity contribution >= 4 is 17.0 Å². The molecule has 41 heavy (non-hydrogen) atoms. The van der Waals surface area contributed by atoms with Crippen molar-refractivity contribution in [3.8, 4) is 11.8 Å². The Labute approximate surface area is 237 Å². The fraction of sp³-hybridized carbons (Fsp3) is 0.344. The van der Waals surface area contributed by atoms with Crippen molar-refractivity contribution < 1.29 is 23.4 Å². The fourth-order valence-corrected chi connectivity index (χ4v) is 5.73. The quantitative estimate of drug-likeness (QED) is 0.305. The Morgan fingerprint density at radius 1 is 1.20 bits per heavy atom. The number of benzene rings is 3. The zero-order valence-corrected chi connectivity index (χ0v) is 22.8. The summed E-state index contributed by atoms with van der Waals surface area (Å²) in [6, 6.07) is 17.4. The predicted octanol–water partition coefficient (Wildman–Crippen LogP) is 5.01. The van der Waals surface area contributed by atoms with Crippen molar-refractivity contribution in [2.24, 2.45) is 11.7 Å². The Bertz CT molecular complexity index is 1660. The number of nitrogens with zero attached hydrogens (tertiary/aromatic N) is 3. The van der Waals surface area contributed by atoms with Gasteiger partial charge in [-0.25, -0.2) is 14.2 Å². The van der Waals surface area contributed by atoms with E-state index in [1.807, 2.05) is 30.3 Å². The van der Waals surface area contributed by atoms with Gasteiger partial charge in [-0.15, -0.1) is 0 Å². The molecule has 1 aliphatic carbocycles. The zero-order valence-electron chi connectivity index (χ0n) is 22.8. The number of aromatic nitrogens is 2. The normalized spacial score (nSPS) is 18.7. The van der Waals surface area contributed by atoms with Crippen LogP contribution in [-0.4, -0.2) is 35.3 Å². The van der Waals surface area contributed by atoms with Crippen molar-refractivity contribution in [1.29, 1.82) is 5.26 Å². The highest BCUT2D eigenvalue weighted by molar-refractivity contribution is 5.93. The van der Waals surface area contributed by atoms with E-state index in [2.05, 4.69) is 10.6 Å². The van der Waals surface area contributed by atoms with Crippen LogP contribution in [0.4, 0.5) is 4.39 Å². The van der Waals surface area contributed by atoms with E-state index >= 15 is 0 Å². The summed E-state index contributed by atoms with van der Waals surface area (Å²) in [6.45, 7) is 1.44. The van der Waals surface area contributed by atoms with E-state index in [1.165, 1.54) is 18.7 Å². The first kappa shape index (κ1) is 26.9. The third-order valence-corrected chi connectivity index (χ3v) is 8.21. The second kappa shape index (κ2) is 11.3. The Morgan fingerprint density at radius 3 is 2.78 bits per heavy atom. The van der Waals surface area contributed by atoms with E-state index in [9.17, 15) is 9.18 Å². The van der Waals surface area contributed by atoms with Crippen LogP contribution in [-0.2, 0) is 35.5 Å². The van der Waals surface area contributed by atoms with Crippen LogP contribution < -0.4 is 10.5 Å². The van der Waals surface area contributed by atoms with Gasteiger partial charge in [-0.2, -0.15) is 5.26 Å². The molecule has 0 bridgehead atoms. The molecule has 2 heterocycles. The maximum absolute atomic E-state index is 14.3. The number of esters is 1. The Hall–Kier alpha value is -4.26. The van der Waals surface area contributed by atoms with Gasteiger partial charge in [-0.3, -0.25) is 0 Å². The molecule has 1 fully saturated rings. The highest BCUT2D eigenvalue weighted by Crippen LogP contribution is 2.36. The van der Waals surface area contributed by atoms with Crippen LogP contribution in [0.5, 0.6) is 5.75 Å². The van der Waals surface area contributed by atoms with Gasteiger partial charge in [0.2, 0.25) is 0 Å². The Morgan fingerprint density at radius 2 is 2.05 bits per heavy atom. The van der Waals surface area contributed by atoms with Gasteiger partial charge in [-0.05, 0) is 85.2 Å². The van der Waals surface area contributed by atoms with Gasteiger partial charge in [0, 0.05) is 12.2 Å². The molecule has 0 spiro atoms. The van der Waals surface area contributed by atoms with Crippen LogP contribution in [0.15, 0.2) is 54.6 Å². The fourth-order valence-electron chi connectivity index (χ4n) is 5.73. The molecule has 0 amide bonds. The number of hydrogen-bond donors (Lipinski definition) is 1. The van der Waals surface area contributed by atoms with Crippen LogP contribution in [0.1, 0.15) is 57.3 Å². The number of carbonyl (C=O) groups excluding carboxylic acids is 1. The minimum absolute atomic E-state index is 0.0695. The molecule has 1 saturated heterocycles. The average Bonchev–Trinajstić information content (AvgIpc) is 3.34. The van der Waals surface area contributed by atoms with Gasteiger partial charge in [-0.1, -0.05) is 12.1 Å². The molecule has 1 aliphatic heterocycles. The summed E-state index contributed by atoms with van der Waals surface area (Å²) in [7, 11) is 1.37. The maximum atomic E-state index is 14.3. The van der Waals surface area contributed by atoms with E-state index in [0.29, 0.717) is 23.4 Å². The minimum atomic E-state index is -0.457. The van der Waals surface area contributed by atoms with Crippen LogP contribution in [0.25, 0.3) is 11.0 Å². The first-order valence-corrected chi connectivity index (χ1v) is 13.8. The third-order valence-electron chi connectivity index (χ3n) is 8.21. The van der Waals surface area contributed by atoms with Crippen molar-refractivity contribution in [3.63, 3.8) is 0 Å². The van der Waals surface area contributed by atoms with Gasteiger partial charge in [0.05, 0.1) is 54.0 Å². The first-order valence-electron chi connectivity index (χ1n) is 13.8. The molecule has 1 aromatic heterocycles. The summed E-state index contributed by atoms with van der Waals surface area (Å²) in [5, 5.41) is 8.97. The summed E-state index contributed by atoms with van der Waals surface area (Å²) >= 11 is 0. The molecule has 6 rings (SSSR count). The predicted molar refractivity (Wildman–Crippen MR) is 150 cm³/mol. The molecule has 0 saturated carbocycles. The van der Waals surface area contributed by atoms with Crippen molar-refractivity contribution in [2.45, 2.75) is 51.0 Å². The van der Waals surface area contributed by atoms with Gasteiger partial charge < -0.3 is 24.5 Å². The van der Waals surface area contributed by atoms with E-state index < -0.39 is 11.8 Å². The second-order valence-corrected chi connectivity index (χ2v) is 10.7. The minimum Gasteiger partial charge on any atom is -0.489 e. The monoisotopic (exact) mass is 554 g/mol. The lowest BCUT2D eigenvalue weighted by molar-refractivity contribution is -0.0592.